The lowest BCUT2D eigenvalue weighted by Gasteiger charge is -2.02. The highest BCUT2D eigenvalue weighted by Gasteiger charge is 2.10. The molecule has 80 valence electrons. The number of nitrogens with one attached hydrogen (secondary N) is 1. The number of halogens is 1. The van der Waals surface area contributed by atoms with Crippen molar-refractivity contribution in [3.05, 3.63) is 12.2 Å². The zero-order valence-corrected chi connectivity index (χ0v) is 8.88. The van der Waals surface area contributed by atoms with Crippen molar-refractivity contribution in [3.8, 4) is 0 Å². The van der Waals surface area contributed by atoms with Crippen LogP contribution in [0.2, 0.25) is 0 Å². The predicted octanol–water partition coefficient (Wildman–Crippen LogP) is 0.118. The number of aromatic nitrogens is 2. The van der Waals surface area contributed by atoms with Crippen molar-refractivity contribution in [2.45, 2.75) is 13.0 Å². The van der Waals surface area contributed by atoms with Gasteiger partial charge in [-0.15, -0.1) is 11.6 Å². The zero-order chi connectivity index (χ0) is 10.4. The number of hydrogen-bond acceptors (Lipinski definition) is 5. The summed E-state index contributed by atoms with van der Waals surface area (Å²) in [7, 11) is -3.28. The van der Waals surface area contributed by atoms with Crippen LogP contribution in [0.5, 0.6) is 0 Å². The molecule has 0 unspecified atom stereocenters. The molecule has 1 heterocycles. The van der Waals surface area contributed by atoms with Crippen LogP contribution in [0.15, 0.2) is 10.9 Å². The van der Waals surface area contributed by atoms with Gasteiger partial charge in [0, 0.05) is 5.88 Å². The van der Waals surface area contributed by atoms with Crippen molar-refractivity contribution in [1.29, 1.82) is 0 Å². The average molecular weight is 240 g/mol. The maximum absolute atomic E-state index is 11.2. The second-order valence-electron chi connectivity index (χ2n) is 2.53. The molecule has 0 fully saturated rings. The van der Waals surface area contributed by atoms with E-state index < -0.39 is 10.0 Å². The van der Waals surface area contributed by atoms with Gasteiger partial charge in [0.2, 0.25) is 16.4 Å². The molecule has 0 amide bonds. The zero-order valence-electron chi connectivity index (χ0n) is 7.31. The lowest BCUT2D eigenvalue weighted by molar-refractivity contribution is 0.409. The van der Waals surface area contributed by atoms with Crippen molar-refractivity contribution < 1.29 is 12.9 Å². The van der Waals surface area contributed by atoms with Crippen molar-refractivity contribution >= 4 is 21.6 Å². The van der Waals surface area contributed by atoms with E-state index in [0.29, 0.717) is 18.1 Å². The fourth-order valence-electron chi connectivity index (χ4n) is 0.762. The lowest BCUT2D eigenvalue weighted by Crippen LogP contribution is -2.26. The molecule has 0 atom stereocenters. The van der Waals surface area contributed by atoms with E-state index in [-0.39, 0.29) is 12.3 Å². The van der Waals surface area contributed by atoms with Gasteiger partial charge in [0.15, 0.2) is 5.82 Å². The number of hydrogen-bond donors (Lipinski definition) is 1. The minimum atomic E-state index is -3.28. The van der Waals surface area contributed by atoms with Crippen LogP contribution in [0.4, 0.5) is 0 Å². The van der Waals surface area contributed by atoms with Gasteiger partial charge in [0.05, 0.1) is 12.3 Å². The molecule has 8 heteroatoms. The number of nitrogens with zero attached hydrogens (tertiary/aromatic N) is 2. The molecule has 0 aliphatic rings. The van der Waals surface area contributed by atoms with Crippen LogP contribution in [0.25, 0.3) is 0 Å². The molecule has 0 radical (unpaired) electrons. The molecule has 6 nitrogen and oxygen atoms in total. The first-order valence-electron chi connectivity index (χ1n) is 3.92. The maximum Gasteiger partial charge on any atom is 0.213 e. The molecule has 0 aliphatic heterocycles. The highest BCUT2D eigenvalue weighted by Crippen LogP contribution is 1.94. The van der Waals surface area contributed by atoms with E-state index in [4.69, 9.17) is 11.6 Å². The van der Waals surface area contributed by atoms with E-state index in [9.17, 15) is 8.42 Å². The van der Waals surface area contributed by atoms with Gasteiger partial charge in [-0.05, 0) is 6.42 Å². The van der Waals surface area contributed by atoms with Crippen LogP contribution < -0.4 is 4.72 Å². The Balaban J connectivity index is 2.37. The first-order valence-corrected chi connectivity index (χ1v) is 6.11. The summed E-state index contributed by atoms with van der Waals surface area (Å²) in [5, 5.41) is 3.46. The quantitative estimate of drug-likeness (QED) is 0.713. The molecule has 14 heavy (non-hydrogen) atoms. The van der Waals surface area contributed by atoms with E-state index in [2.05, 4.69) is 19.4 Å². The summed E-state index contributed by atoms with van der Waals surface area (Å²) in [5.41, 5.74) is 0. The molecule has 0 bridgehead atoms. The van der Waals surface area contributed by atoms with Gasteiger partial charge in [0.25, 0.3) is 0 Å². The Morgan fingerprint density at radius 1 is 1.57 bits per heavy atom. The third kappa shape index (κ3) is 4.03. The Morgan fingerprint density at radius 3 is 2.93 bits per heavy atom. The van der Waals surface area contributed by atoms with E-state index in [0.717, 1.165) is 6.39 Å². The minimum absolute atomic E-state index is 0.00829. The SMILES string of the molecule is O=S(=O)(CCCCl)NCc1ncon1. The van der Waals surface area contributed by atoms with Gasteiger partial charge >= 0.3 is 0 Å². The summed E-state index contributed by atoms with van der Waals surface area (Å²) < 4.78 is 29.2. The van der Waals surface area contributed by atoms with Crippen LogP contribution >= 0.6 is 11.6 Å². The highest BCUT2D eigenvalue weighted by atomic mass is 35.5. The van der Waals surface area contributed by atoms with Gasteiger partial charge < -0.3 is 4.52 Å². The molecule has 1 aromatic rings. The first kappa shape index (κ1) is 11.4. The van der Waals surface area contributed by atoms with E-state index in [1.807, 2.05) is 0 Å². The molecule has 1 N–H and O–H groups in total. The Hall–Kier alpha value is -0.660. The maximum atomic E-state index is 11.2. The molecule has 1 aromatic heterocycles. The van der Waals surface area contributed by atoms with E-state index in [1.165, 1.54) is 0 Å². The molecular formula is C6H10ClN3O3S. The van der Waals surface area contributed by atoms with Gasteiger partial charge in [-0.25, -0.2) is 13.1 Å². The van der Waals surface area contributed by atoms with Gasteiger partial charge in [-0.2, -0.15) is 4.98 Å². The standard InChI is InChI=1S/C6H10ClN3O3S/c7-2-1-3-14(11,12)9-4-6-8-5-13-10-6/h5,9H,1-4H2. The van der Waals surface area contributed by atoms with Gasteiger partial charge in [0.1, 0.15) is 0 Å². The molecule has 1 rings (SSSR count). The van der Waals surface area contributed by atoms with Crippen LogP contribution in [0.3, 0.4) is 0 Å². The average Bonchev–Trinajstić information content (AvgIpc) is 2.64. The Labute approximate surface area is 86.7 Å². The highest BCUT2D eigenvalue weighted by molar-refractivity contribution is 7.89. The monoisotopic (exact) mass is 239 g/mol. The minimum Gasteiger partial charge on any atom is -0.343 e. The fourth-order valence-corrected chi connectivity index (χ4v) is 2.07. The van der Waals surface area contributed by atoms with Crippen molar-refractivity contribution in [2.24, 2.45) is 0 Å². The summed E-state index contributed by atoms with van der Waals surface area (Å²) >= 11 is 5.38. The van der Waals surface area contributed by atoms with Crippen LogP contribution in [-0.2, 0) is 16.6 Å². The normalized spacial score (nSPS) is 11.8. The Bertz CT molecular complexity index is 350. The second kappa shape index (κ2) is 5.28. The Kier molecular flexibility index (Phi) is 4.30. The van der Waals surface area contributed by atoms with Crippen LogP contribution in [-0.4, -0.2) is 30.2 Å². The van der Waals surface area contributed by atoms with E-state index in [1.54, 1.807) is 0 Å². The van der Waals surface area contributed by atoms with Crippen molar-refractivity contribution in [1.82, 2.24) is 14.9 Å². The third-order valence-corrected chi connectivity index (χ3v) is 3.08. The third-order valence-electron chi connectivity index (χ3n) is 1.40. The number of rotatable bonds is 6. The largest absolute Gasteiger partial charge is 0.343 e. The second-order valence-corrected chi connectivity index (χ2v) is 4.83. The number of sulfonamides is 1. The van der Waals surface area contributed by atoms with Crippen molar-refractivity contribution in [3.63, 3.8) is 0 Å². The summed E-state index contributed by atoms with van der Waals surface area (Å²) in [4.78, 5) is 3.67. The summed E-state index contributed by atoms with van der Waals surface area (Å²) in [6, 6.07) is 0. The van der Waals surface area contributed by atoms with Crippen LogP contribution in [0, 0.1) is 0 Å². The summed E-state index contributed by atoms with van der Waals surface area (Å²) in [6.45, 7) is 0.0428. The number of alkyl halides is 1. The first-order chi connectivity index (χ1) is 6.64. The topological polar surface area (TPSA) is 85.1 Å². The predicted molar refractivity (Wildman–Crippen MR) is 50.3 cm³/mol. The summed E-state index contributed by atoms with van der Waals surface area (Å²) in [5.74, 6) is 0.636. The molecule has 0 aromatic carbocycles. The van der Waals surface area contributed by atoms with Crippen molar-refractivity contribution in [2.75, 3.05) is 11.6 Å². The molecule has 0 spiro atoms. The smallest absolute Gasteiger partial charge is 0.213 e. The van der Waals surface area contributed by atoms with Gasteiger partial charge in [-0.1, -0.05) is 5.16 Å². The lowest BCUT2D eigenvalue weighted by atomic mass is 10.6. The molecule has 0 saturated heterocycles. The Morgan fingerprint density at radius 2 is 2.36 bits per heavy atom. The molecular weight excluding hydrogens is 230 g/mol. The van der Waals surface area contributed by atoms with Gasteiger partial charge in [-0.3, -0.25) is 0 Å². The van der Waals surface area contributed by atoms with E-state index >= 15 is 0 Å². The van der Waals surface area contributed by atoms with Crippen LogP contribution in [0.1, 0.15) is 12.2 Å². The summed E-state index contributed by atoms with van der Waals surface area (Å²) in [6.07, 6.45) is 1.56. The molecule has 0 saturated carbocycles. The fraction of sp³-hybridized carbons (Fsp3) is 0.667. The molecule has 0 aliphatic carbocycles.